The van der Waals surface area contributed by atoms with Crippen molar-refractivity contribution in [3.05, 3.63) is 59.4 Å². The summed E-state index contributed by atoms with van der Waals surface area (Å²) in [5.41, 5.74) is 5.18. The van der Waals surface area contributed by atoms with Crippen molar-refractivity contribution in [3.8, 4) is 5.95 Å². The minimum Gasteiger partial charge on any atom is -0.368 e. The first-order valence-electron chi connectivity index (χ1n) is 8.42. The van der Waals surface area contributed by atoms with Crippen LogP contribution in [-0.4, -0.2) is 24.5 Å². The minimum atomic E-state index is -4.46. The molecule has 0 atom stereocenters. The summed E-state index contributed by atoms with van der Waals surface area (Å²) in [7, 11) is 0. The predicted molar refractivity (Wildman–Crippen MR) is 98.2 cm³/mol. The molecule has 0 bridgehead atoms. The lowest BCUT2D eigenvalue weighted by atomic mass is 10.2. The lowest BCUT2D eigenvalue weighted by Crippen LogP contribution is -2.10. The Labute approximate surface area is 165 Å². The molecule has 0 saturated heterocycles. The molecule has 7 nitrogen and oxygen atoms in total. The number of aromatic nitrogens is 5. The molecule has 0 unspecified atom stereocenters. The van der Waals surface area contributed by atoms with E-state index in [-0.39, 0.29) is 40.4 Å². The maximum Gasteiger partial charge on any atom is 0.416 e. The van der Waals surface area contributed by atoms with Gasteiger partial charge in [0.1, 0.15) is 17.2 Å². The fourth-order valence-electron chi connectivity index (χ4n) is 2.88. The van der Waals surface area contributed by atoms with Crippen LogP contribution in [0.25, 0.3) is 17.0 Å². The van der Waals surface area contributed by atoms with Crippen LogP contribution < -0.4 is 11.1 Å². The first-order valence-corrected chi connectivity index (χ1v) is 8.42. The van der Waals surface area contributed by atoms with Crippen LogP contribution in [0.4, 0.5) is 39.5 Å². The zero-order valence-electron chi connectivity index (χ0n) is 15.2. The lowest BCUT2D eigenvalue weighted by molar-refractivity contribution is -0.137. The van der Waals surface area contributed by atoms with Crippen LogP contribution in [0.2, 0.25) is 0 Å². The molecule has 0 spiro atoms. The van der Waals surface area contributed by atoms with Gasteiger partial charge in [0.15, 0.2) is 5.82 Å². The molecule has 2 heterocycles. The Balaban J connectivity index is 1.75. The number of halogens is 5. The number of aryl methyl sites for hydroxylation is 1. The Bertz CT molecular complexity index is 1250. The highest BCUT2D eigenvalue weighted by Gasteiger charge is 2.30. The number of hydrogen-bond acceptors (Lipinski definition) is 6. The van der Waals surface area contributed by atoms with Crippen LogP contribution in [0.15, 0.2) is 36.4 Å². The van der Waals surface area contributed by atoms with Gasteiger partial charge in [-0.2, -0.15) is 28.1 Å². The standard InChI is InChI=1S/C18H12F5N7/c1-8-25-14-12(20)6-10(19)7-13(14)30(8)17-28-15(24)27-16(29-17)26-11-4-2-9(3-5-11)18(21,22)23/h2-7H,1H3,(H3,24,26,27,28,29). The van der Waals surface area contributed by atoms with Gasteiger partial charge in [-0.3, -0.25) is 4.57 Å². The number of hydrogen-bond donors (Lipinski definition) is 2. The lowest BCUT2D eigenvalue weighted by Gasteiger charge is -2.11. The molecule has 0 aliphatic heterocycles. The van der Waals surface area contributed by atoms with Crippen LogP contribution in [0, 0.1) is 18.6 Å². The zero-order chi connectivity index (χ0) is 21.6. The first kappa shape index (κ1) is 19.5. The van der Waals surface area contributed by atoms with Crippen molar-refractivity contribution in [2.24, 2.45) is 0 Å². The van der Waals surface area contributed by atoms with Crippen molar-refractivity contribution in [1.29, 1.82) is 0 Å². The van der Waals surface area contributed by atoms with Crippen LogP contribution in [0.3, 0.4) is 0 Å². The van der Waals surface area contributed by atoms with Crippen LogP contribution >= 0.6 is 0 Å². The molecule has 0 aliphatic carbocycles. The quantitative estimate of drug-likeness (QED) is 0.483. The second kappa shape index (κ2) is 6.90. The molecule has 4 rings (SSSR count). The SMILES string of the molecule is Cc1nc2c(F)cc(F)cc2n1-c1nc(N)nc(Nc2ccc(C(F)(F)F)cc2)n1. The molecular weight excluding hydrogens is 409 g/mol. The van der Waals surface area contributed by atoms with Crippen molar-refractivity contribution < 1.29 is 22.0 Å². The Morgan fingerprint density at radius 2 is 1.67 bits per heavy atom. The third kappa shape index (κ3) is 3.58. The maximum atomic E-state index is 14.0. The molecule has 154 valence electrons. The third-order valence-electron chi connectivity index (χ3n) is 4.16. The molecule has 0 amide bonds. The summed E-state index contributed by atoms with van der Waals surface area (Å²) in [6, 6.07) is 5.97. The van der Waals surface area contributed by atoms with E-state index in [0.717, 1.165) is 18.2 Å². The highest BCUT2D eigenvalue weighted by atomic mass is 19.4. The summed E-state index contributed by atoms with van der Waals surface area (Å²) < 4.78 is 67.1. The van der Waals surface area contributed by atoms with Crippen LogP contribution in [0.1, 0.15) is 11.4 Å². The monoisotopic (exact) mass is 421 g/mol. The van der Waals surface area contributed by atoms with Crippen molar-refractivity contribution in [1.82, 2.24) is 24.5 Å². The second-order valence-electron chi connectivity index (χ2n) is 6.27. The number of nitrogens with two attached hydrogens (primary N) is 1. The molecule has 0 saturated carbocycles. The molecule has 4 aromatic rings. The average molecular weight is 421 g/mol. The van der Waals surface area contributed by atoms with Gasteiger partial charge < -0.3 is 11.1 Å². The second-order valence-corrected chi connectivity index (χ2v) is 6.27. The Hall–Kier alpha value is -3.83. The van der Waals surface area contributed by atoms with E-state index in [2.05, 4.69) is 25.3 Å². The van der Waals surface area contributed by atoms with Gasteiger partial charge >= 0.3 is 6.18 Å². The number of nitrogens with one attached hydrogen (secondary N) is 1. The molecule has 0 radical (unpaired) electrons. The molecule has 3 N–H and O–H groups in total. The first-order chi connectivity index (χ1) is 14.1. The number of fused-ring (bicyclic) bond motifs is 1. The number of rotatable bonds is 3. The number of anilines is 3. The Morgan fingerprint density at radius 1 is 0.967 bits per heavy atom. The van der Waals surface area contributed by atoms with E-state index in [1.165, 1.54) is 16.7 Å². The number of imidazole rings is 1. The minimum absolute atomic E-state index is 0.0677. The average Bonchev–Trinajstić information content (AvgIpc) is 2.97. The van der Waals surface area contributed by atoms with Gasteiger partial charge in [-0.25, -0.2) is 13.8 Å². The molecule has 0 fully saturated rings. The summed E-state index contributed by atoms with van der Waals surface area (Å²) in [5, 5.41) is 2.72. The van der Waals surface area contributed by atoms with Gasteiger partial charge in [0.25, 0.3) is 0 Å². The fraction of sp³-hybridized carbons (Fsp3) is 0.111. The Morgan fingerprint density at radius 3 is 2.33 bits per heavy atom. The fourth-order valence-corrected chi connectivity index (χ4v) is 2.88. The van der Waals surface area contributed by atoms with Crippen molar-refractivity contribution in [2.45, 2.75) is 13.1 Å². The van der Waals surface area contributed by atoms with Crippen molar-refractivity contribution in [3.63, 3.8) is 0 Å². The van der Waals surface area contributed by atoms with E-state index in [0.29, 0.717) is 6.07 Å². The molecule has 2 aromatic heterocycles. The Kier molecular flexibility index (Phi) is 4.48. The van der Waals surface area contributed by atoms with Gasteiger partial charge in [-0.15, -0.1) is 0 Å². The number of nitrogen functional groups attached to an aromatic ring is 1. The third-order valence-corrected chi connectivity index (χ3v) is 4.16. The van der Waals surface area contributed by atoms with E-state index in [4.69, 9.17) is 5.73 Å². The summed E-state index contributed by atoms with van der Waals surface area (Å²) >= 11 is 0. The summed E-state index contributed by atoms with van der Waals surface area (Å²) in [6.07, 6.45) is -4.46. The number of nitrogens with zero attached hydrogens (tertiary/aromatic N) is 5. The highest BCUT2D eigenvalue weighted by molar-refractivity contribution is 5.78. The number of alkyl halides is 3. The molecular formula is C18H12F5N7. The van der Waals surface area contributed by atoms with Crippen molar-refractivity contribution >= 4 is 28.6 Å². The van der Waals surface area contributed by atoms with E-state index >= 15 is 0 Å². The van der Waals surface area contributed by atoms with Crippen LogP contribution in [-0.2, 0) is 6.18 Å². The van der Waals surface area contributed by atoms with Gasteiger partial charge in [0, 0.05) is 17.8 Å². The summed E-state index contributed by atoms with van der Waals surface area (Å²) in [5.74, 6) is -1.76. The van der Waals surface area contributed by atoms with Gasteiger partial charge in [-0.1, -0.05) is 0 Å². The molecule has 2 aromatic carbocycles. The highest BCUT2D eigenvalue weighted by Crippen LogP contribution is 2.30. The van der Waals surface area contributed by atoms with E-state index in [1.54, 1.807) is 6.92 Å². The largest absolute Gasteiger partial charge is 0.416 e. The summed E-state index contributed by atoms with van der Waals surface area (Å²) in [4.78, 5) is 16.1. The van der Waals surface area contributed by atoms with Gasteiger partial charge in [0.05, 0.1) is 11.1 Å². The smallest absolute Gasteiger partial charge is 0.368 e. The predicted octanol–water partition coefficient (Wildman–Crippen LogP) is 4.14. The number of benzene rings is 2. The topological polar surface area (TPSA) is 94.5 Å². The van der Waals surface area contributed by atoms with E-state index < -0.39 is 23.4 Å². The summed E-state index contributed by atoms with van der Waals surface area (Å²) in [6.45, 7) is 1.54. The molecule has 0 aliphatic rings. The molecule has 12 heteroatoms. The normalized spacial score (nSPS) is 11.8. The van der Waals surface area contributed by atoms with Crippen LogP contribution in [0.5, 0.6) is 0 Å². The van der Waals surface area contributed by atoms with E-state index in [9.17, 15) is 22.0 Å². The van der Waals surface area contributed by atoms with Gasteiger partial charge in [-0.05, 0) is 31.2 Å². The van der Waals surface area contributed by atoms with Gasteiger partial charge in [0.2, 0.25) is 17.8 Å². The zero-order valence-corrected chi connectivity index (χ0v) is 15.2. The maximum absolute atomic E-state index is 14.0. The molecule has 30 heavy (non-hydrogen) atoms. The van der Waals surface area contributed by atoms with Crippen molar-refractivity contribution in [2.75, 3.05) is 11.1 Å². The van der Waals surface area contributed by atoms with E-state index in [1.807, 2.05) is 0 Å².